The van der Waals surface area contributed by atoms with Gasteiger partial charge in [0.15, 0.2) is 5.82 Å². The molecule has 0 aliphatic carbocycles. The van der Waals surface area contributed by atoms with Crippen LogP contribution < -0.4 is 10.6 Å². The highest BCUT2D eigenvalue weighted by Gasteiger charge is 2.11. The number of hydrogen-bond donors (Lipinski definition) is 2. The fraction of sp³-hybridized carbons (Fsp3) is 0.357. The van der Waals surface area contributed by atoms with Crippen molar-refractivity contribution in [2.24, 2.45) is 0 Å². The fourth-order valence-corrected chi connectivity index (χ4v) is 1.54. The molecule has 0 aliphatic heterocycles. The van der Waals surface area contributed by atoms with E-state index in [-0.39, 0.29) is 5.54 Å². The molecule has 0 saturated carbocycles. The van der Waals surface area contributed by atoms with E-state index in [1.54, 1.807) is 6.20 Å². The number of nitrogens with one attached hydrogen (secondary N) is 2. The molecule has 2 aromatic rings. The molecular weight excluding hydrogens is 238 g/mol. The summed E-state index contributed by atoms with van der Waals surface area (Å²) in [6, 6.07) is 8.11. The highest BCUT2D eigenvalue weighted by Crippen LogP contribution is 2.16. The Bertz CT molecular complexity index is 543. The maximum Gasteiger partial charge on any atom is 0.245 e. The Morgan fingerprint density at radius 1 is 1.05 bits per heavy atom. The van der Waals surface area contributed by atoms with Gasteiger partial charge in [-0.3, -0.25) is 0 Å². The van der Waals surface area contributed by atoms with E-state index in [2.05, 4.69) is 53.5 Å². The van der Waals surface area contributed by atoms with Gasteiger partial charge in [0.25, 0.3) is 0 Å². The van der Waals surface area contributed by atoms with E-state index in [1.807, 2.05) is 24.3 Å². The van der Waals surface area contributed by atoms with Gasteiger partial charge in [-0.2, -0.15) is 10.1 Å². The summed E-state index contributed by atoms with van der Waals surface area (Å²) in [5.41, 5.74) is 2.11. The van der Waals surface area contributed by atoms with Crippen LogP contribution in [0.1, 0.15) is 26.3 Å². The van der Waals surface area contributed by atoms with Gasteiger partial charge >= 0.3 is 0 Å². The quantitative estimate of drug-likeness (QED) is 0.884. The molecule has 0 amide bonds. The predicted octanol–water partition coefficient (Wildman–Crippen LogP) is 3.13. The van der Waals surface area contributed by atoms with Crippen molar-refractivity contribution < 1.29 is 0 Å². The number of rotatable bonds is 3. The lowest BCUT2D eigenvalue weighted by Gasteiger charge is -2.20. The molecule has 1 aromatic carbocycles. The Morgan fingerprint density at radius 3 is 2.37 bits per heavy atom. The van der Waals surface area contributed by atoms with Crippen molar-refractivity contribution in [3.05, 3.63) is 36.0 Å². The molecule has 100 valence electrons. The highest BCUT2D eigenvalue weighted by molar-refractivity contribution is 5.56. The van der Waals surface area contributed by atoms with Crippen LogP contribution in [-0.4, -0.2) is 20.7 Å². The van der Waals surface area contributed by atoms with Crippen LogP contribution in [0.15, 0.2) is 30.5 Å². The average Bonchev–Trinajstić information content (AvgIpc) is 2.30. The van der Waals surface area contributed by atoms with E-state index in [9.17, 15) is 0 Å². The Kier molecular flexibility index (Phi) is 3.64. The molecule has 5 heteroatoms. The van der Waals surface area contributed by atoms with E-state index in [0.29, 0.717) is 11.8 Å². The maximum absolute atomic E-state index is 4.38. The standard InChI is InChI=1S/C14H19N5/c1-10-5-7-11(8-6-10)16-12-9-15-19-13(17-12)18-14(2,3)4/h5-9H,1-4H3,(H2,16,17,18,19). The molecule has 1 aromatic heterocycles. The second kappa shape index (κ2) is 5.22. The van der Waals surface area contributed by atoms with Crippen LogP contribution in [-0.2, 0) is 0 Å². The zero-order valence-corrected chi connectivity index (χ0v) is 11.7. The largest absolute Gasteiger partial charge is 0.348 e. The predicted molar refractivity (Wildman–Crippen MR) is 77.7 cm³/mol. The summed E-state index contributed by atoms with van der Waals surface area (Å²) in [7, 11) is 0. The van der Waals surface area contributed by atoms with Gasteiger partial charge in [0.1, 0.15) is 0 Å². The number of aromatic nitrogens is 3. The lowest BCUT2D eigenvalue weighted by Crippen LogP contribution is -2.27. The zero-order chi connectivity index (χ0) is 13.9. The second-order valence-corrected chi connectivity index (χ2v) is 5.53. The van der Waals surface area contributed by atoms with E-state index in [1.165, 1.54) is 5.56 Å². The van der Waals surface area contributed by atoms with Crippen molar-refractivity contribution in [2.45, 2.75) is 33.2 Å². The summed E-state index contributed by atoms with van der Waals surface area (Å²) in [4.78, 5) is 4.38. The first-order chi connectivity index (χ1) is 8.92. The van der Waals surface area contributed by atoms with Gasteiger partial charge in [-0.25, -0.2) is 0 Å². The number of hydrogen-bond acceptors (Lipinski definition) is 5. The molecule has 0 bridgehead atoms. The average molecular weight is 257 g/mol. The van der Waals surface area contributed by atoms with Crippen molar-refractivity contribution in [2.75, 3.05) is 10.6 Å². The molecule has 1 heterocycles. The minimum absolute atomic E-state index is 0.0931. The summed E-state index contributed by atoms with van der Waals surface area (Å²) in [5, 5.41) is 14.3. The molecule has 0 spiro atoms. The molecule has 0 aliphatic rings. The van der Waals surface area contributed by atoms with Gasteiger partial charge in [-0.15, -0.1) is 5.10 Å². The van der Waals surface area contributed by atoms with Gasteiger partial charge in [-0.05, 0) is 39.8 Å². The lowest BCUT2D eigenvalue weighted by molar-refractivity contribution is 0.623. The van der Waals surface area contributed by atoms with Gasteiger partial charge in [0.2, 0.25) is 5.95 Å². The normalized spacial score (nSPS) is 11.2. The lowest BCUT2D eigenvalue weighted by atomic mass is 10.1. The molecule has 2 rings (SSSR count). The van der Waals surface area contributed by atoms with Crippen molar-refractivity contribution in [3.8, 4) is 0 Å². The van der Waals surface area contributed by atoms with Gasteiger partial charge in [0, 0.05) is 11.2 Å². The van der Waals surface area contributed by atoms with Crippen molar-refractivity contribution in [1.29, 1.82) is 0 Å². The van der Waals surface area contributed by atoms with E-state index >= 15 is 0 Å². The van der Waals surface area contributed by atoms with Crippen molar-refractivity contribution in [1.82, 2.24) is 15.2 Å². The maximum atomic E-state index is 4.38. The third-order valence-electron chi connectivity index (χ3n) is 2.37. The van der Waals surface area contributed by atoms with Crippen LogP contribution >= 0.6 is 0 Å². The summed E-state index contributed by atoms with van der Waals surface area (Å²) >= 11 is 0. The van der Waals surface area contributed by atoms with E-state index in [4.69, 9.17) is 0 Å². The first kappa shape index (κ1) is 13.3. The molecule has 0 fully saturated rings. The minimum atomic E-state index is -0.0931. The van der Waals surface area contributed by atoms with Crippen molar-refractivity contribution >= 4 is 17.5 Å². The molecular formula is C14H19N5. The molecule has 0 saturated heterocycles. The van der Waals surface area contributed by atoms with Crippen LogP contribution in [0, 0.1) is 6.92 Å². The summed E-state index contributed by atoms with van der Waals surface area (Å²) < 4.78 is 0. The van der Waals surface area contributed by atoms with Crippen LogP contribution in [0.2, 0.25) is 0 Å². The molecule has 0 unspecified atom stereocenters. The third kappa shape index (κ3) is 4.21. The molecule has 5 nitrogen and oxygen atoms in total. The first-order valence-electron chi connectivity index (χ1n) is 6.24. The second-order valence-electron chi connectivity index (χ2n) is 5.53. The smallest absolute Gasteiger partial charge is 0.245 e. The molecule has 0 radical (unpaired) electrons. The van der Waals surface area contributed by atoms with Crippen LogP contribution in [0.25, 0.3) is 0 Å². The van der Waals surface area contributed by atoms with E-state index in [0.717, 1.165) is 5.69 Å². The van der Waals surface area contributed by atoms with Gasteiger partial charge in [-0.1, -0.05) is 17.7 Å². The summed E-state index contributed by atoms with van der Waals surface area (Å²) in [6.07, 6.45) is 1.60. The topological polar surface area (TPSA) is 62.7 Å². The Labute approximate surface area is 113 Å². The van der Waals surface area contributed by atoms with Crippen LogP contribution in [0.4, 0.5) is 17.5 Å². The molecule has 2 N–H and O–H groups in total. The zero-order valence-electron chi connectivity index (χ0n) is 11.7. The number of nitrogens with zero attached hydrogens (tertiary/aromatic N) is 3. The van der Waals surface area contributed by atoms with Crippen molar-refractivity contribution in [3.63, 3.8) is 0 Å². The Hall–Kier alpha value is -2.17. The minimum Gasteiger partial charge on any atom is -0.348 e. The number of benzene rings is 1. The van der Waals surface area contributed by atoms with E-state index < -0.39 is 0 Å². The molecule has 19 heavy (non-hydrogen) atoms. The SMILES string of the molecule is Cc1ccc(Nc2cnnc(NC(C)(C)C)n2)cc1. The monoisotopic (exact) mass is 257 g/mol. The fourth-order valence-electron chi connectivity index (χ4n) is 1.54. The third-order valence-corrected chi connectivity index (χ3v) is 2.37. The number of aryl methyl sites for hydroxylation is 1. The Morgan fingerprint density at radius 2 is 1.74 bits per heavy atom. The summed E-state index contributed by atoms with van der Waals surface area (Å²) in [6.45, 7) is 8.21. The van der Waals surface area contributed by atoms with Gasteiger partial charge < -0.3 is 10.6 Å². The van der Waals surface area contributed by atoms with Crippen LogP contribution in [0.3, 0.4) is 0 Å². The summed E-state index contributed by atoms with van der Waals surface area (Å²) in [5.74, 6) is 1.19. The highest BCUT2D eigenvalue weighted by atomic mass is 15.3. The number of anilines is 3. The first-order valence-corrected chi connectivity index (χ1v) is 6.24. The van der Waals surface area contributed by atoms with Crippen LogP contribution in [0.5, 0.6) is 0 Å². The van der Waals surface area contributed by atoms with Gasteiger partial charge in [0.05, 0.1) is 6.20 Å². The Balaban J connectivity index is 2.13. The molecule has 0 atom stereocenters.